The van der Waals surface area contributed by atoms with Crippen molar-refractivity contribution >= 4 is 21.9 Å². The van der Waals surface area contributed by atoms with Gasteiger partial charge in [-0.25, -0.2) is 0 Å². The van der Waals surface area contributed by atoms with Crippen molar-refractivity contribution in [2.24, 2.45) is 0 Å². The Bertz CT molecular complexity index is 1410. The lowest BCUT2D eigenvalue weighted by atomic mass is 9.99. The fourth-order valence-electron chi connectivity index (χ4n) is 4.63. The largest absolute Gasteiger partial charge is 0.455 e. The summed E-state index contributed by atoms with van der Waals surface area (Å²) in [6.45, 7) is 4.42. The molecule has 3 aromatic carbocycles. The SMILES string of the molecule is CC(C)c1ccnc(-c2cccc3c2oc2c4c(ccc23)-c2ccccc2C4)c1. The third kappa shape index (κ3) is 2.39. The van der Waals surface area contributed by atoms with Crippen LogP contribution < -0.4 is 0 Å². The fraction of sp³-hybridized carbons (Fsp3) is 0.148. The normalized spacial score (nSPS) is 12.7. The minimum Gasteiger partial charge on any atom is -0.455 e. The van der Waals surface area contributed by atoms with E-state index < -0.39 is 0 Å². The van der Waals surface area contributed by atoms with Crippen LogP contribution in [0.4, 0.5) is 0 Å². The Kier molecular flexibility index (Phi) is 3.45. The molecule has 0 atom stereocenters. The molecule has 0 radical (unpaired) electrons. The van der Waals surface area contributed by atoms with E-state index in [4.69, 9.17) is 4.42 Å². The van der Waals surface area contributed by atoms with Gasteiger partial charge in [0.15, 0.2) is 0 Å². The number of pyridine rings is 1. The zero-order chi connectivity index (χ0) is 19.5. The van der Waals surface area contributed by atoms with Crippen molar-refractivity contribution in [3.8, 4) is 22.4 Å². The van der Waals surface area contributed by atoms with Crippen LogP contribution in [0.2, 0.25) is 0 Å². The van der Waals surface area contributed by atoms with Gasteiger partial charge in [-0.05, 0) is 52.4 Å². The second-order valence-corrected chi connectivity index (χ2v) is 8.22. The Morgan fingerprint density at radius 2 is 1.62 bits per heavy atom. The van der Waals surface area contributed by atoms with Gasteiger partial charge in [0.25, 0.3) is 0 Å². The number of aromatic nitrogens is 1. The number of nitrogens with zero attached hydrogens (tertiary/aromatic N) is 1. The van der Waals surface area contributed by atoms with Gasteiger partial charge in [0.1, 0.15) is 11.2 Å². The molecular formula is C27H21NO. The Labute approximate surface area is 169 Å². The maximum Gasteiger partial charge on any atom is 0.144 e. The maximum atomic E-state index is 6.57. The van der Waals surface area contributed by atoms with E-state index in [-0.39, 0.29) is 0 Å². The van der Waals surface area contributed by atoms with Crippen LogP contribution in [0.25, 0.3) is 44.3 Å². The van der Waals surface area contributed by atoms with Gasteiger partial charge in [0.2, 0.25) is 0 Å². The second kappa shape index (κ2) is 6.05. The molecule has 2 heterocycles. The van der Waals surface area contributed by atoms with E-state index in [1.165, 1.54) is 33.2 Å². The highest BCUT2D eigenvalue weighted by Gasteiger charge is 2.24. The number of rotatable bonds is 2. The quantitative estimate of drug-likeness (QED) is 0.316. The highest BCUT2D eigenvalue weighted by atomic mass is 16.3. The first-order chi connectivity index (χ1) is 14.2. The van der Waals surface area contributed by atoms with Gasteiger partial charge in [-0.15, -0.1) is 0 Å². The van der Waals surface area contributed by atoms with Crippen LogP contribution in [0, 0.1) is 0 Å². The van der Waals surface area contributed by atoms with Crippen molar-refractivity contribution in [3.63, 3.8) is 0 Å². The van der Waals surface area contributed by atoms with Crippen LogP contribution in [0.15, 0.2) is 77.3 Å². The minimum atomic E-state index is 0.466. The highest BCUT2D eigenvalue weighted by Crippen LogP contribution is 2.44. The molecular weight excluding hydrogens is 354 g/mol. The lowest BCUT2D eigenvalue weighted by molar-refractivity contribution is 0.666. The summed E-state index contributed by atoms with van der Waals surface area (Å²) in [7, 11) is 0. The summed E-state index contributed by atoms with van der Waals surface area (Å²) in [4.78, 5) is 4.66. The lowest BCUT2D eigenvalue weighted by Gasteiger charge is -2.07. The number of fused-ring (bicyclic) bond motifs is 7. The van der Waals surface area contributed by atoms with Gasteiger partial charge >= 0.3 is 0 Å². The zero-order valence-corrected chi connectivity index (χ0v) is 16.6. The Morgan fingerprint density at radius 3 is 2.52 bits per heavy atom. The zero-order valence-electron chi connectivity index (χ0n) is 16.6. The molecule has 1 aliphatic carbocycles. The van der Waals surface area contributed by atoms with Crippen molar-refractivity contribution in [2.45, 2.75) is 26.2 Å². The third-order valence-electron chi connectivity index (χ3n) is 6.17. The standard InChI is InChI=1S/C27H21NO/c1-16(2)17-12-13-28-25(15-17)23-9-5-8-21-22-11-10-20-19-7-4-3-6-18(19)14-24(20)27(22)29-26(21)23/h3-13,15-16H,14H2,1-2H3. The number of para-hydroxylation sites is 1. The fourth-order valence-corrected chi connectivity index (χ4v) is 4.63. The van der Waals surface area contributed by atoms with Crippen LogP contribution in [0.3, 0.4) is 0 Å². The Hall–Kier alpha value is -3.39. The molecule has 0 bridgehead atoms. The number of benzene rings is 3. The molecule has 2 nitrogen and oxygen atoms in total. The van der Waals surface area contributed by atoms with Crippen molar-refractivity contribution in [2.75, 3.05) is 0 Å². The molecule has 0 unspecified atom stereocenters. The molecule has 0 aliphatic heterocycles. The summed E-state index contributed by atoms with van der Waals surface area (Å²) in [5, 5.41) is 2.35. The van der Waals surface area contributed by atoms with E-state index in [0.717, 1.165) is 34.2 Å². The Balaban J connectivity index is 1.61. The van der Waals surface area contributed by atoms with Crippen LogP contribution in [0.5, 0.6) is 0 Å². The first-order valence-corrected chi connectivity index (χ1v) is 10.2. The second-order valence-electron chi connectivity index (χ2n) is 8.22. The van der Waals surface area contributed by atoms with Gasteiger partial charge in [-0.2, -0.15) is 0 Å². The predicted octanol–water partition coefficient (Wildman–Crippen LogP) is 7.34. The average molecular weight is 375 g/mol. The summed E-state index contributed by atoms with van der Waals surface area (Å²) in [5.41, 5.74) is 10.6. The molecule has 0 saturated heterocycles. The molecule has 5 aromatic rings. The maximum absolute atomic E-state index is 6.57. The minimum absolute atomic E-state index is 0.466. The van der Waals surface area contributed by atoms with E-state index in [2.05, 4.69) is 85.6 Å². The topological polar surface area (TPSA) is 26.0 Å². The van der Waals surface area contributed by atoms with Crippen molar-refractivity contribution < 1.29 is 4.42 Å². The summed E-state index contributed by atoms with van der Waals surface area (Å²) >= 11 is 0. The van der Waals surface area contributed by atoms with Crippen LogP contribution in [-0.4, -0.2) is 4.98 Å². The van der Waals surface area contributed by atoms with Gasteiger partial charge < -0.3 is 4.42 Å². The molecule has 1 aliphatic rings. The molecule has 0 spiro atoms. The number of hydrogen-bond acceptors (Lipinski definition) is 2. The molecule has 0 saturated carbocycles. The third-order valence-corrected chi connectivity index (χ3v) is 6.17. The molecule has 2 heteroatoms. The van der Waals surface area contributed by atoms with Crippen molar-refractivity contribution in [1.82, 2.24) is 4.98 Å². The molecule has 2 aromatic heterocycles. The highest BCUT2D eigenvalue weighted by molar-refractivity contribution is 6.11. The summed E-state index contributed by atoms with van der Waals surface area (Å²) in [6.07, 6.45) is 2.83. The van der Waals surface area contributed by atoms with E-state index in [9.17, 15) is 0 Å². The summed E-state index contributed by atoms with van der Waals surface area (Å²) < 4.78 is 6.57. The van der Waals surface area contributed by atoms with Crippen LogP contribution in [0.1, 0.15) is 36.5 Å². The molecule has 0 amide bonds. The summed E-state index contributed by atoms with van der Waals surface area (Å²) in [5.74, 6) is 0.466. The lowest BCUT2D eigenvalue weighted by Crippen LogP contribution is -1.90. The summed E-state index contributed by atoms with van der Waals surface area (Å²) in [6, 6.07) is 23.8. The van der Waals surface area contributed by atoms with E-state index in [1.807, 2.05) is 6.20 Å². The monoisotopic (exact) mass is 375 g/mol. The van der Waals surface area contributed by atoms with E-state index in [0.29, 0.717) is 5.92 Å². The Morgan fingerprint density at radius 1 is 0.793 bits per heavy atom. The van der Waals surface area contributed by atoms with Crippen molar-refractivity contribution in [1.29, 1.82) is 0 Å². The smallest absolute Gasteiger partial charge is 0.144 e. The van der Waals surface area contributed by atoms with Crippen LogP contribution >= 0.6 is 0 Å². The predicted molar refractivity (Wildman–Crippen MR) is 119 cm³/mol. The van der Waals surface area contributed by atoms with Gasteiger partial charge in [-0.1, -0.05) is 56.3 Å². The molecule has 29 heavy (non-hydrogen) atoms. The number of hydrogen-bond donors (Lipinski definition) is 0. The van der Waals surface area contributed by atoms with Gasteiger partial charge in [-0.3, -0.25) is 4.98 Å². The molecule has 140 valence electrons. The van der Waals surface area contributed by atoms with E-state index in [1.54, 1.807) is 0 Å². The first kappa shape index (κ1) is 16.6. The van der Waals surface area contributed by atoms with Gasteiger partial charge in [0.05, 0.1) is 5.69 Å². The number of furan rings is 1. The molecule has 6 rings (SSSR count). The average Bonchev–Trinajstić information content (AvgIpc) is 3.32. The first-order valence-electron chi connectivity index (χ1n) is 10.2. The van der Waals surface area contributed by atoms with E-state index >= 15 is 0 Å². The van der Waals surface area contributed by atoms with Gasteiger partial charge in [0, 0.05) is 34.5 Å². The van der Waals surface area contributed by atoms with Crippen molar-refractivity contribution in [3.05, 3.63) is 89.6 Å². The van der Waals surface area contributed by atoms with Crippen LogP contribution in [-0.2, 0) is 6.42 Å². The molecule has 0 N–H and O–H groups in total. The molecule has 0 fully saturated rings.